The van der Waals surface area contributed by atoms with Gasteiger partial charge in [-0.15, -0.1) is 0 Å². The van der Waals surface area contributed by atoms with Crippen LogP contribution in [0.1, 0.15) is 79.9 Å². The number of carboxylic acid groups (broad SMARTS) is 1. The van der Waals surface area contributed by atoms with Crippen molar-refractivity contribution >= 4 is 5.97 Å². The lowest BCUT2D eigenvalue weighted by Crippen LogP contribution is -2.16. The molecule has 1 aliphatic carbocycles. The zero-order chi connectivity index (χ0) is 19.1. The Kier molecular flexibility index (Phi) is 6.97. The number of hydrogen-bond acceptors (Lipinski definition) is 3. The van der Waals surface area contributed by atoms with E-state index in [1.54, 1.807) is 24.3 Å². The van der Waals surface area contributed by atoms with Gasteiger partial charge in [0, 0.05) is 17.5 Å². The maximum atomic E-state index is 11.0. The highest BCUT2D eigenvalue weighted by Gasteiger charge is 2.20. The van der Waals surface area contributed by atoms with Crippen molar-refractivity contribution in [3.8, 4) is 11.4 Å². The fourth-order valence-corrected chi connectivity index (χ4v) is 3.94. The van der Waals surface area contributed by atoms with Crippen LogP contribution in [0, 0.1) is 5.92 Å². The minimum Gasteiger partial charge on any atom is -0.478 e. The smallest absolute Gasteiger partial charge is 0.335 e. The Labute approximate surface area is 162 Å². The number of carboxylic acids is 1. The lowest BCUT2D eigenvalue weighted by molar-refractivity contribution is 0.0697. The molecular formula is C23H30N2O2. The van der Waals surface area contributed by atoms with Gasteiger partial charge in [-0.05, 0) is 42.9 Å². The zero-order valence-electron chi connectivity index (χ0n) is 16.3. The standard InChI is InChI=1S/C23H30N2O2/c1-2-3-4-5-6-7-8-17-9-14-21-20(15-17)16-24-22(25-21)18-10-12-19(13-11-18)23(26)27/h10-13,16-17H,2-9,14-15H2,1H3,(H,26,27). The number of aromatic carboxylic acids is 1. The summed E-state index contributed by atoms with van der Waals surface area (Å²) in [5, 5.41) is 9.01. The highest BCUT2D eigenvalue weighted by atomic mass is 16.4. The molecule has 0 saturated carbocycles. The van der Waals surface area contributed by atoms with Gasteiger partial charge < -0.3 is 5.11 Å². The van der Waals surface area contributed by atoms with Crippen LogP contribution in [0.25, 0.3) is 11.4 Å². The number of fused-ring (bicyclic) bond motifs is 1. The molecule has 1 unspecified atom stereocenters. The summed E-state index contributed by atoms with van der Waals surface area (Å²) in [5.41, 5.74) is 3.62. The zero-order valence-corrected chi connectivity index (χ0v) is 16.3. The molecule has 3 rings (SSSR count). The van der Waals surface area contributed by atoms with Gasteiger partial charge >= 0.3 is 5.97 Å². The Morgan fingerprint density at radius 1 is 1.11 bits per heavy atom. The molecule has 1 aromatic carbocycles. The molecule has 144 valence electrons. The monoisotopic (exact) mass is 366 g/mol. The average molecular weight is 367 g/mol. The molecule has 1 atom stereocenters. The van der Waals surface area contributed by atoms with E-state index in [4.69, 9.17) is 10.1 Å². The fourth-order valence-electron chi connectivity index (χ4n) is 3.94. The van der Waals surface area contributed by atoms with Gasteiger partial charge in [-0.3, -0.25) is 0 Å². The first kappa shape index (κ1) is 19.5. The van der Waals surface area contributed by atoms with Crippen LogP contribution in [0.15, 0.2) is 30.5 Å². The average Bonchev–Trinajstić information content (AvgIpc) is 2.70. The van der Waals surface area contributed by atoms with E-state index in [2.05, 4.69) is 11.9 Å². The molecule has 0 saturated heterocycles. The second-order valence-corrected chi connectivity index (χ2v) is 7.71. The van der Waals surface area contributed by atoms with Crippen LogP contribution in [0.4, 0.5) is 0 Å². The van der Waals surface area contributed by atoms with Gasteiger partial charge in [0.25, 0.3) is 0 Å². The van der Waals surface area contributed by atoms with Gasteiger partial charge in [0.2, 0.25) is 0 Å². The molecule has 0 radical (unpaired) electrons. The number of nitrogens with zero attached hydrogens (tertiary/aromatic N) is 2. The highest BCUT2D eigenvalue weighted by molar-refractivity contribution is 5.88. The first-order valence-electron chi connectivity index (χ1n) is 10.4. The van der Waals surface area contributed by atoms with Crippen molar-refractivity contribution < 1.29 is 9.90 Å². The number of aromatic nitrogens is 2. The Balaban J connectivity index is 1.55. The lowest BCUT2D eigenvalue weighted by atomic mass is 9.84. The summed E-state index contributed by atoms with van der Waals surface area (Å²) in [6.45, 7) is 2.26. The summed E-state index contributed by atoms with van der Waals surface area (Å²) in [6, 6.07) is 6.79. The van der Waals surface area contributed by atoms with E-state index in [-0.39, 0.29) is 5.56 Å². The van der Waals surface area contributed by atoms with Crippen molar-refractivity contribution in [1.29, 1.82) is 0 Å². The molecule has 0 spiro atoms. The third kappa shape index (κ3) is 5.38. The molecule has 0 fully saturated rings. The predicted octanol–water partition coefficient (Wildman–Crippen LogP) is 5.70. The molecule has 2 aromatic rings. The molecular weight excluding hydrogens is 336 g/mol. The largest absolute Gasteiger partial charge is 0.478 e. The van der Waals surface area contributed by atoms with Crippen LogP contribution >= 0.6 is 0 Å². The summed E-state index contributed by atoms with van der Waals surface area (Å²) in [6.07, 6.45) is 14.8. The lowest BCUT2D eigenvalue weighted by Gasteiger charge is -2.24. The van der Waals surface area contributed by atoms with E-state index in [0.717, 1.165) is 24.3 Å². The molecule has 27 heavy (non-hydrogen) atoms. The van der Waals surface area contributed by atoms with E-state index in [9.17, 15) is 4.79 Å². The number of hydrogen-bond donors (Lipinski definition) is 1. The van der Waals surface area contributed by atoms with Crippen molar-refractivity contribution in [1.82, 2.24) is 9.97 Å². The first-order valence-corrected chi connectivity index (χ1v) is 10.4. The van der Waals surface area contributed by atoms with E-state index in [1.165, 1.54) is 62.6 Å². The van der Waals surface area contributed by atoms with Crippen LogP contribution in [-0.2, 0) is 12.8 Å². The molecule has 1 heterocycles. The van der Waals surface area contributed by atoms with Gasteiger partial charge in [0.1, 0.15) is 0 Å². The molecule has 1 aliphatic rings. The topological polar surface area (TPSA) is 63.1 Å². The minimum atomic E-state index is -0.913. The third-order valence-electron chi connectivity index (χ3n) is 5.61. The number of unbranched alkanes of at least 4 members (excludes halogenated alkanes) is 5. The van der Waals surface area contributed by atoms with Gasteiger partial charge in [-0.1, -0.05) is 64.0 Å². The quantitative estimate of drug-likeness (QED) is 0.578. The van der Waals surface area contributed by atoms with Crippen molar-refractivity contribution in [2.24, 2.45) is 5.92 Å². The van der Waals surface area contributed by atoms with Gasteiger partial charge in [-0.2, -0.15) is 0 Å². The molecule has 1 N–H and O–H groups in total. The number of carbonyl (C=O) groups is 1. The second-order valence-electron chi connectivity index (χ2n) is 7.71. The van der Waals surface area contributed by atoms with Gasteiger partial charge in [-0.25, -0.2) is 14.8 Å². The first-order chi connectivity index (χ1) is 13.2. The van der Waals surface area contributed by atoms with Crippen molar-refractivity contribution in [3.63, 3.8) is 0 Å². The summed E-state index contributed by atoms with van der Waals surface area (Å²) in [5.74, 6) is 0.553. The molecule has 4 nitrogen and oxygen atoms in total. The van der Waals surface area contributed by atoms with Gasteiger partial charge in [0.15, 0.2) is 5.82 Å². The molecule has 1 aromatic heterocycles. The van der Waals surface area contributed by atoms with Crippen LogP contribution in [0.5, 0.6) is 0 Å². The van der Waals surface area contributed by atoms with Crippen molar-refractivity contribution in [3.05, 3.63) is 47.3 Å². The number of benzene rings is 1. The summed E-state index contributed by atoms with van der Waals surface area (Å²) in [7, 11) is 0. The van der Waals surface area contributed by atoms with Crippen LogP contribution in [0.2, 0.25) is 0 Å². The minimum absolute atomic E-state index is 0.286. The number of rotatable bonds is 9. The van der Waals surface area contributed by atoms with E-state index >= 15 is 0 Å². The summed E-state index contributed by atoms with van der Waals surface area (Å²) < 4.78 is 0. The molecule has 0 amide bonds. The van der Waals surface area contributed by atoms with E-state index < -0.39 is 5.97 Å². The Morgan fingerprint density at radius 2 is 1.85 bits per heavy atom. The Hall–Kier alpha value is -2.23. The Bertz CT molecular complexity index is 755. The third-order valence-corrected chi connectivity index (χ3v) is 5.61. The molecule has 0 bridgehead atoms. The normalized spacial score (nSPS) is 16.1. The van der Waals surface area contributed by atoms with Crippen LogP contribution in [-0.4, -0.2) is 21.0 Å². The van der Waals surface area contributed by atoms with Gasteiger partial charge in [0.05, 0.1) is 5.56 Å². The summed E-state index contributed by atoms with van der Waals surface area (Å²) in [4.78, 5) is 20.3. The highest BCUT2D eigenvalue weighted by Crippen LogP contribution is 2.29. The maximum Gasteiger partial charge on any atom is 0.335 e. The molecule has 4 heteroatoms. The SMILES string of the molecule is CCCCCCCCC1CCc2nc(-c3ccc(C(=O)O)cc3)ncc2C1. The number of aryl methyl sites for hydroxylation is 1. The summed E-state index contributed by atoms with van der Waals surface area (Å²) >= 11 is 0. The Morgan fingerprint density at radius 3 is 2.59 bits per heavy atom. The van der Waals surface area contributed by atoms with Crippen LogP contribution in [0.3, 0.4) is 0 Å². The predicted molar refractivity (Wildman–Crippen MR) is 108 cm³/mol. The molecule has 0 aliphatic heterocycles. The van der Waals surface area contributed by atoms with Crippen molar-refractivity contribution in [2.45, 2.75) is 71.1 Å². The second kappa shape index (κ2) is 9.63. The maximum absolute atomic E-state index is 11.0. The van der Waals surface area contributed by atoms with Crippen LogP contribution < -0.4 is 0 Å². The fraction of sp³-hybridized carbons (Fsp3) is 0.522. The van der Waals surface area contributed by atoms with Crippen molar-refractivity contribution in [2.75, 3.05) is 0 Å². The van der Waals surface area contributed by atoms with E-state index in [0.29, 0.717) is 5.82 Å². The van der Waals surface area contributed by atoms with E-state index in [1.807, 2.05) is 6.20 Å².